The number of carbonyl (C=O) groups excluding carboxylic acids is 1. The number of ether oxygens (including phenoxy) is 1. The Balaban J connectivity index is 1.65. The Morgan fingerprint density at radius 2 is 2.05 bits per heavy atom. The first-order chi connectivity index (χ1) is 18.2. The molecule has 13 heteroatoms. The number of hydrogen-bond donors (Lipinski definition) is 3. The number of amides is 2. The molecule has 1 saturated heterocycles. The van der Waals surface area contributed by atoms with Crippen molar-refractivity contribution in [3.8, 4) is 28.5 Å². The maximum atomic E-state index is 13.4. The highest BCUT2D eigenvalue weighted by Crippen LogP contribution is 2.44. The van der Waals surface area contributed by atoms with Gasteiger partial charge >= 0.3 is 12.2 Å². The Morgan fingerprint density at radius 1 is 1.24 bits per heavy atom. The molecule has 0 saturated carbocycles. The molecule has 38 heavy (non-hydrogen) atoms. The molecule has 2 aromatic heterocycles. The fraction of sp³-hybridized carbons (Fsp3) is 0.360. The van der Waals surface area contributed by atoms with E-state index in [1.165, 1.54) is 23.2 Å². The van der Waals surface area contributed by atoms with Crippen LogP contribution in [0.1, 0.15) is 18.4 Å². The number of piperidine rings is 1. The Bertz CT molecular complexity index is 1340. The van der Waals surface area contributed by atoms with E-state index in [4.69, 9.17) is 15.6 Å². The molecule has 1 unspecified atom stereocenters. The molecule has 0 spiro atoms. The second-order valence-electron chi connectivity index (χ2n) is 9.12. The number of carbonyl (C=O) groups is 1. The van der Waals surface area contributed by atoms with Gasteiger partial charge in [0.2, 0.25) is 0 Å². The number of rotatable bonds is 6. The molecule has 2 aliphatic rings. The minimum atomic E-state index is -4.56. The van der Waals surface area contributed by atoms with Gasteiger partial charge in [-0.3, -0.25) is 9.88 Å². The van der Waals surface area contributed by atoms with Crippen LogP contribution in [0.2, 0.25) is 0 Å². The van der Waals surface area contributed by atoms with Gasteiger partial charge in [0.1, 0.15) is 29.8 Å². The molecule has 2 amide bonds. The van der Waals surface area contributed by atoms with Crippen molar-refractivity contribution in [2.24, 2.45) is 5.73 Å². The highest BCUT2D eigenvalue weighted by molar-refractivity contribution is 5.99. The number of urea groups is 1. The van der Waals surface area contributed by atoms with Crippen LogP contribution in [0.4, 0.5) is 29.5 Å². The lowest BCUT2D eigenvalue weighted by molar-refractivity contribution is -0.137. The van der Waals surface area contributed by atoms with Gasteiger partial charge in [0.15, 0.2) is 11.6 Å². The summed E-state index contributed by atoms with van der Waals surface area (Å²) in [6, 6.07) is 6.93. The number of aliphatic hydroxyl groups excluding tert-OH is 2. The normalized spacial score (nSPS) is 17.7. The minimum absolute atomic E-state index is 0.00883. The molecule has 3 aromatic rings. The predicted molar refractivity (Wildman–Crippen MR) is 132 cm³/mol. The summed E-state index contributed by atoms with van der Waals surface area (Å²) in [6.07, 6.45) is -2.69. The standard InChI is InChI=1S/C25H25F3N6O4/c26-25(27,28)15-4-1-3-14(9-15)22-31-20(19-7-6-18(10-30-19)38-13-17(36)12-35)21-23(32-22)34(24(29)37)16-5-2-8-33(21)11-16/h1,3-4,6-7,9-10,16-17,35-36H,2,5,8,11-13H2,(H2,29,37)/t16?,17-/m0/s1. The lowest BCUT2D eigenvalue weighted by Gasteiger charge is -2.45. The fourth-order valence-corrected chi connectivity index (χ4v) is 4.72. The van der Waals surface area contributed by atoms with E-state index in [0.29, 0.717) is 42.3 Å². The van der Waals surface area contributed by atoms with Gasteiger partial charge in [-0.05, 0) is 37.1 Å². The summed E-state index contributed by atoms with van der Waals surface area (Å²) in [5.74, 6) is 0.545. The molecular weight excluding hydrogens is 505 g/mol. The third-order valence-corrected chi connectivity index (χ3v) is 6.49. The van der Waals surface area contributed by atoms with Crippen LogP contribution in [0.15, 0.2) is 42.6 Å². The van der Waals surface area contributed by atoms with Gasteiger partial charge in [-0.15, -0.1) is 0 Å². The molecule has 0 aliphatic carbocycles. The summed E-state index contributed by atoms with van der Waals surface area (Å²) in [6.45, 7) is 0.595. The average molecular weight is 531 g/mol. The topological polar surface area (TPSA) is 138 Å². The maximum absolute atomic E-state index is 13.4. The lowest BCUT2D eigenvalue weighted by Crippen LogP contribution is -2.56. The van der Waals surface area contributed by atoms with Gasteiger partial charge in [-0.25, -0.2) is 14.8 Å². The lowest BCUT2D eigenvalue weighted by atomic mass is 9.98. The van der Waals surface area contributed by atoms with Crippen LogP contribution in [0.25, 0.3) is 22.8 Å². The minimum Gasteiger partial charge on any atom is -0.489 e. The highest BCUT2D eigenvalue weighted by atomic mass is 19.4. The molecule has 1 aromatic carbocycles. The van der Waals surface area contributed by atoms with Crippen molar-refractivity contribution in [3.05, 3.63) is 48.2 Å². The third-order valence-electron chi connectivity index (χ3n) is 6.49. The molecule has 2 aliphatic heterocycles. The summed E-state index contributed by atoms with van der Waals surface area (Å²) in [4.78, 5) is 29.6. The number of nitrogens with two attached hydrogens (primary N) is 1. The predicted octanol–water partition coefficient (Wildman–Crippen LogP) is 2.82. The van der Waals surface area contributed by atoms with Crippen LogP contribution in [0, 0.1) is 0 Å². The summed E-state index contributed by atoms with van der Waals surface area (Å²) < 4.78 is 45.7. The SMILES string of the molecule is NC(=O)N1c2nc(-c3cccc(C(F)(F)F)c3)nc(-c3ccc(OC[C@@H](O)CO)cn3)c2N2CCCC1C2. The first-order valence-electron chi connectivity index (χ1n) is 12.0. The number of benzene rings is 1. The van der Waals surface area contributed by atoms with Crippen molar-refractivity contribution in [1.29, 1.82) is 0 Å². The van der Waals surface area contributed by atoms with Crippen LogP contribution in [-0.2, 0) is 6.18 Å². The van der Waals surface area contributed by atoms with E-state index >= 15 is 0 Å². The molecule has 10 nitrogen and oxygen atoms in total. The van der Waals surface area contributed by atoms with E-state index in [1.807, 2.05) is 4.90 Å². The zero-order chi connectivity index (χ0) is 27.0. The second-order valence-corrected chi connectivity index (χ2v) is 9.12. The molecule has 4 heterocycles. The van der Waals surface area contributed by atoms with Crippen molar-refractivity contribution < 1.29 is 32.9 Å². The van der Waals surface area contributed by atoms with Crippen molar-refractivity contribution in [2.45, 2.75) is 31.2 Å². The number of pyridine rings is 1. The zero-order valence-corrected chi connectivity index (χ0v) is 20.1. The second kappa shape index (κ2) is 10.1. The third kappa shape index (κ3) is 4.94. The quantitative estimate of drug-likeness (QED) is 0.443. The number of aliphatic hydroxyl groups is 2. The van der Waals surface area contributed by atoms with Gasteiger partial charge < -0.3 is 25.6 Å². The molecule has 0 radical (unpaired) electrons. The maximum Gasteiger partial charge on any atom is 0.416 e. The molecule has 4 N–H and O–H groups in total. The average Bonchev–Trinajstić information content (AvgIpc) is 2.91. The Labute approximate surface area is 215 Å². The van der Waals surface area contributed by atoms with E-state index < -0.39 is 30.5 Å². The highest BCUT2D eigenvalue weighted by Gasteiger charge is 2.40. The first kappa shape index (κ1) is 25.7. The Morgan fingerprint density at radius 3 is 2.74 bits per heavy atom. The van der Waals surface area contributed by atoms with E-state index in [9.17, 15) is 23.1 Å². The zero-order valence-electron chi connectivity index (χ0n) is 20.1. The summed E-state index contributed by atoms with van der Waals surface area (Å²) in [5, 5.41) is 18.5. The fourth-order valence-electron chi connectivity index (χ4n) is 4.72. The number of anilines is 2. The summed E-state index contributed by atoms with van der Waals surface area (Å²) >= 11 is 0. The number of alkyl halides is 3. The monoisotopic (exact) mass is 530 g/mol. The summed E-state index contributed by atoms with van der Waals surface area (Å²) in [7, 11) is 0. The van der Waals surface area contributed by atoms with Crippen LogP contribution < -0.4 is 20.3 Å². The molecule has 1 fully saturated rings. The number of halogens is 3. The molecule has 2 bridgehead atoms. The molecular formula is C25H25F3N6O4. The van der Waals surface area contributed by atoms with E-state index in [2.05, 4.69) is 15.0 Å². The Kier molecular flexibility index (Phi) is 6.80. The van der Waals surface area contributed by atoms with Crippen LogP contribution in [0.5, 0.6) is 5.75 Å². The van der Waals surface area contributed by atoms with Crippen molar-refractivity contribution in [1.82, 2.24) is 15.0 Å². The van der Waals surface area contributed by atoms with Crippen molar-refractivity contribution in [3.63, 3.8) is 0 Å². The molecule has 200 valence electrons. The van der Waals surface area contributed by atoms with E-state index in [-0.39, 0.29) is 29.9 Å². The van der Waals surface area contributed by atoms with Gasteiger partial charge in [-0.1, -0.05) is 12.1 Å². The number of primary amides is 1. The van der Waals surface area contributed by atoms with Crippen molar-refractivity contribution in [2.75, 3.05) is 36.1 Å². The number of fused-ring (bicyclic) bond motifs is 4. The van der Waals surface area contributed by atoms with Gasteiger partial charge in [0, 0.05) is 18.7 Å². The first-order valence-corrected chi connectivity index (χ1v) is 12.0. The molecule has 2 atom stereocenters. The number of hydrogen-bond acceptors (Lipinski definition) is 8. The van der Waals surface area contributed by atoms with Gasteiger partial charge in [-0.2, -0.15) is 13.2 Å². The van der Waals surface area contributed by atoms with Gasteiger partial charge in [0.05, 0.1) is 30.1 Å². The van der Waals surface area contributed by atoms with Crippen LogP contribution in [-0.4, -0.2) is 69.6 Å². The van der Waals surface area contributed by atoms with Crippen LogP contribution in [0.3, 0.4) is 0 Å². The van der Waals surface area contributed by atoms with Crippen LogP contribution >= 0.6 is 0 Å². The summed E-state index contributed by atoms with van der Waals surface area (Å²) in [5.41, 5.74) is 6.25. The molecule has 5 rings (SSSR count). The largest absolute Gasteiger partial charge is 0.489 e. The van der Waals surface area contributed by atoms with E-state index in [0.717, 1.165) is 18.6 Å². The number of aromatic nitrogens is 3. The van der Waals surface area contributed by atoms with E-state index in [1.54, 1.807) is 12.1 Å². The van der Waals surface area contributed by atoms with Gasteiger partial charge in [0.25, 0.3) is 0 Å². The van der Waals surface area contributed by atoms with Crippen molar-refractivity contribution >= 4 is 17.5 Å². The smallest absolute Gasteiger partial charge is 0.416 e. The Hall–Kier alpha value is -3.97. The number of nitrogens with zero attached hydrogens (tertiary/aromatic N) is 5.